The van der Waals surface area contributed by atoms with Gasteiger partial charge in [0.25, 0.3) is 15.9 Å². The summed E-state index contributed by atoms with van der Waals surface area (Å²) < 4.78 is 32.9. The SMILES string of the molecule is CCCCNC(=O)COC(=O)c1cc(S(=O)(=O)Nc2cccc(C)c2)ccc1C. The molecule has 2 N–H and O–H groups in total. The minimum Gasteiger partial charge on any atom is -0.452 e. The molecule has 0 radical (unpaired) electrons. The zero-order chi connectivity index (χ0) is 21.4. The molecule has 0 fully saturated rings. The Morgan fingerprint density at radius 3 is 2.52 bits per heavy atom. The number of nitrogens with one attached hydrogen (secondary N) is 2. The number of sulfonamides is 1. The fourth-order valence-electron chi connectivity index (χ4n) is 2.58. The molecule has 2 aromatic carbocycles. The summed E-state index contributed by atoms with van der Waals surface area (Å²) in [7, 11) is -3.89. The summed E-state index contributed by atoms with van der Waals surface area (Å²) in [4.78, 5) is 24.0. The van der Waals surface area contributed by atoms with E-state index in [0.717, 1.165) is 18.4 Å². The Bertz CT molecular complexity index is 986. The highest BCUT2D eigenvalue weighted by atomic mass is 32.2. The lowest BCUT2D eigenvalue weighted by atomic mass is 10.1. The van der Waals surface area contributed by atoms with Gasteiger partial charge in [-0.3, -0.25) is 9.52 Å². The molecule has 0 unspecified atom stereocenters. The zero-order valence-corrected chi connectivity index (χ0v) is 17.6. The molecule has 156 valence electrons. The third kappa shape index (κ3) is 6.60. The number of amides is 1. The number of esters is 1. The van der Waals surface area contributed by atoms with Crippen LogP contribution >= 0.6 is 0 Å². The Hall–Kier alpha value is -2.87. The lowest BCUT2D eigenvalue weighted by Crippen LogP contribution is -2.29. The predicted octanol–water partition coefficient (Wildman–Crippen LogP) is 3.18. The fraction of sp³-hybridized carbons (Fsp3) is 0.333. The van der Waals surface area contributed by atoms with Gasteiger partial charge in [-0.15, -0.1) is 0 Å². The fourth-order valence-corrected chi connectivity index (χ4v) is 3.65. The van der Waals surface area contributed by atoms with Crippen LogP contribution < -0.4 is 10.0 Å². The molecular weight excluding hydrogens is 392 g/mol. The number of anilines is 1. The molecule has 0 aliphatic rings. The van der Waals surface area contributed by atoms with E-state index in [1.807, 2.05) is 19.9 Å². The van der Waals surface area contributed by atoms with E-state index in [4.69, 9.17) is 4.74 Å². The first-order valence-electron chi connectivity index (χ1n) is 9.37. The van der Waals surface area contributed by atoms with E-state index in [-0.39, 0.29) is 10.5 Å². The first-order chi connectivity index (χ1) is 13.7. The molecule has 2 aromatic rings. The first-order valence-corrected chi connectivity index (χ1v) is 10.8. The molecule has 0 saturated carbocycles. The number of carbonyl (C=O) groups is 2. The first kappa shape index (κ1) is 22.4. The van der Waals surface area contributed by atoms with Crippen LogP contribution in [0.15, 0.2) is 47.4 Å². The van der Waals surface area contributed by atoms with Crippen LogP contribution in [0.5, 0.6) is 0 Å². The zero-order valence-electron chi connectivity index (χ0n) is 16.8. The maximum atomic E-state index is 12.7. The van der Waals surface area contributed by atoms with Crippen molar-refractivity contribution in [2.24, 2.45) is 0 Å². The van der Waals surface area contributed by atoms with Crippen LogP contribution in [0, 0.1) is 13.8 Å². The maximum absolute atomic E-state index is 12.7. The number of aryl methyl sites for hydroxylation is 2. The molecule has 8 heteroatoms. The smallest absolute Gasteiger partial charge is 0.338 e. The quantitative estimate of drug-likeness (QED) is 0.481. The normalized spacial score (nSPS) is 11.0. The molecule has 0 saturated heterocycles. The third-order valence-electron chi connectivity index (χ3n) is 4.20. The van der Waals surface area contributed by atoms with Gasteiger partial charge in [0, 0.05) is 12.2 Å². The third-order valence-corrected chi connectivity index (χ3v) is 5.58. The van der Waals surface area contributed by atoms with Gasteiger partial charge in [-0.25, -0.2) is 13.2 Å². The van der Waals surface area contributed by atoms with E-state index in [1.54, 1.807) is 25.1 Å². The van der Waals surface area contributed by atoms with E-state index in [0.29, 0.717) is 17.8 Å². The molecule has 0 spiro atoms. The van der Waals surface area contributed by atoms with Crippen molar-refractivity contribution < 1.29 is 22.7 Å². The van der Waals surface area contributed by atoms with Crippen molar-refractivity contribution in [2.45, 2.75) is 38.5 Å². The van der Waals surface area contributed by atoms with Crippen LogP contribution in [0.1, 0.15) is 41.3 Å². The molecule has 2 rings (SSSR count). The second-order valence-corrected chi connectivity index (χ2v) is 8.41. The van der Waals surface area contributed by atoms with Crippen LogP contribution in [-0.2, 0) is 19.6 Å². The lowest BCUT2D eigenvalue weighted by Gasteiger charge is -2.12. The molecule has 1 amide bonds. The Morgan fingerprint density at radius 1 is 1.07 bits per heavy atom. The van der Waals surface area contributed by atoms with Gasteiger partial charge in [-0.1, -0.05) is 31.5 Å². The number of carbonyl (C=O) groups excluding carboxylic acids is 2. The van der Waals surface area contributed by atoms with E-state index in [1.165, 1.54) is 18.2 Å². The second-order valence-electron chi connectivity index (χ2n) is 6.73. The van der Waals surface area contributed by atoms with E-state index >= 15 is 0 Å². The number of hydrogen-bond donors (Lipinski definition) is 2. The Morgan fingerprint density at radius 2 is 1.83 bits per heavy atom. The topological polar surface area (TPSA) is 102 Å². The molecule has 0 atom stereocenters. The molecule has 29 heavy (non-hydrogen) atoms. The van der Waals surface area contributed by atoms with Crippen LogP contribution in [0.3, 0.4) is 0 Å². The standard InChI is InChI=1S/C21H26N2O5S/c1-4-5-11-22-20(24)14-28-21(25)19-13-18(10-9-16(19)3)29(26,27)23-17-8-6-7-15(2)12-17/h6-10,12-13,23H,4-5,11,14H2,1-3H3,(H,22,24). The minimum absolute atomic E-state index is 0.0658. The average Bonchev–Trinajstić information content (AvgIpc) is 2.66. The van der Waals surface area contributed by atoms with E-state index < -0.39 is 28.5 Å². The van der Waals surface area contributed by atoms with Crippen molar-refractivity contribution in [3.63, 3.8) is 0 Å². The molecule has 0 heterocycles. The summed E-state index contributed by atoms with van der Waals surface area (Å²) in [5, 5.41) is 2.65. The number of hydrogen-bond acceptors (Lipinski definition) is 5. The average molecular weight is 419 g/mol. The number of rotatable bonds is 9. The van der Waals surface area contributed by atoms with Gasteiger partial charge in [0.1, 0.15) is 0 Å². The summed E-state index contributed by atoms with van der Waals surface area (Å²) in [5.74, 6) is -1.14. The molecule has 0 bridgehead atoms. The van der Waals surface area contributed by atoms with Crippen molar-refractivity contribution in [3.8, 4) is 0 Å². The number of ether oxygens (including phenoxy) is 1. The molecule has 0 aromatic heterocycles. The summed E-state index contributed by atoms with van der Waals surface area (Å²) >= 11 is 0. The summed E-state index contributed by atoms with van der Waals surface area (Å²) in [6.07, 6.45) is 1.78. The van der Waals surface area contributed by atoms with Crippen molar-refractivity contribution >= 4 is 27.6 Å². The van der Waals surface area contributed by atoms with Crippen molar-refractivity contribution in [1.82, 2.24) is 5.32 Å². The second kappa shape index (κ2) is 10.1. The highest BCUT2D eigenvalue weighted by Crippen LogP contribution is 2.20. The number of unbranched alkanes of at least 4 members (excludes halogenated alkanes) is 1. The summed E-state index contributed by atoms with van der Waals surface area (Å²) in [6.45, 7) is 5.63. The summed E-state index contributed by atoms with van der Waals surface area (Å²) in [5.41, 5.74) is 1.99. The highest BCUT2D eigenvalue weighted by molar-refractivity contribution is 7.92. The van der Waals surface area contributed by atoms with Gasteiger partial charge in [0.05, 0.1) is 10.5 Å². The summed E-state index contributed by atoms with van der Waals surface area (Å²) in [6, 6.07) is 11.2. The lowest BCUT2D eigenvalue weighted by molar-refractivity contribution is -0.124. The van der Waals surface area contributed by atoms with Crippen LogP contribution in [0.25, 0.3) is 0 Å². The Kier molecular flexibility index (Phi) is 7.78. The van der Waals surface area contributed by atoms with Crippen molar-refractivity contribution in [2.75, 3.05) is 17.9 Å². The van der Waals surface area contributed by atoms with Crippen LogP contribution in [0.4, 0.5) is 5.69 Å². The largest absolute Gasteiger partial charge is 0.452 e. The van der Waals surface area contributed by atoms with Crippen LogP contribution in [-0.4, -0.2) is 33.4 Å². The van der Waals surface area contributed by atoms with E-state index in [9.17, 15) is 18.0 Å². The predicted molar refractivity (Wildman–Crippen MR) is 111 cm³/mol. The van der Waals surface area contributed by atoms with Crippen LogP contribution in [0.2, 0.25) is 0 Å². The Balaban J connectivity index is 2.12. The monoisotopic (exact) mass is 418 g/mol. The minimum atomic E-state index is -3.89. The van der Waals surface area contributed by atoms with Gasteiger partial charge < -0.3 is 10.1 Å². The van der Waals surface area contributed by atoms with Gasteiger partial charge in [0.2, 0.25) is 0 Å². The molecule has 0 aliphatic heterocycles. The maximum Gasteiger partial charge on any atom is 0.338 e. The molecule has 0 aliphatic carbocycles. The highest BCUT2D eigenvalue weighted by Gasteiger charge is 2.19. The van der Waals surface area contributed by atoms with Gasteiger partial charge >= 0.3 is 5.97 Å². The number of benzene rings is 2. The van der Waals surface area contributed by atoms with Gasteiger partial charge in [0.15, 0.2) is 6.61 Å². The van der Waals surface area contributed by atoms with Crippen molar-refractivity contribution in [1.29, 1.82) is 0 Å². The van der Waals surface area contributed by atoms with Gasteiger partial charge in [-0.05, 0) is 55.7 Å². The van der Waals surface area contributed by atoms with Crippen molar-refractivity contribution in [3.05, 3.63) is 59.2 Å². The molecular formula is C21H26N2O5S. The molecule has 7 nitrogen and oxygen atoms in total. The van der Waals surface area contributed by atoms with E-state index in [2.05, 4.69) is 10.0 Å². The van der Waals surface area contributed by atoms with Gasteiger partial charge in [-0.2, -0.15) is 0 Å². The Labute approximate surface area is 171 Å².